The minimum absolute atomic E-state index is 0.368. The highest BCUT2D eigenvalue weighted by Crippen LogP contribution is 2.63. The summed E-state index contributed by atoms with van der Waals surface area (Å²) in [6.07, 6.45) is 5.84. The highest BCUT2D eigenvalue weighted by molar-refractivity contribution is 7.19. The minimum atomic E-state index is 0.368. The van der Waals surface area contributed by atoms with Gasteiger partial charge in [-0.1, -0.05) is 32.1 Å². The average molecular weight is 251 g/mol. The van der Waals surface area contributed by atoms with Crippen molar-refractivity contribution >= 4 is 21.5 Å². The van der Waals surface area contributed by atoms with Crippen LogP contribution in [0.3, 0.4) is 0 Å². The third-order valence-corrected chi connectivity index (χ3v) is 5.82. The fourth-order valence-corrected chi connectivity index (χ4v) is 4.75. The highest BCUT2D eigenvalue weighted by atomic mass is 32.1. The largest absolute Gasteiger partial charge is 0.389 e. The van der Waals surface area contributed by atoms with E-state index in [1.54, 1.807) is 17.5 Å². The van der Waals surface area contributed by atoms with Crippen LogP contribution in [0.5, 0.6) is 0 Å². The quantitative estimate of drug-likeness (QED) is 0.847. The van der Waals surface area contributed by atoms with Crippen molar-refractivity contribution in [3.05, 3.63) is 6.20 Å². The molecule has 17 heavy (non-hydrogen) atoms. The third-order valence-electron chi connectivity index (χ3n) is 5.06. The van der Waals surface area contributed by atoms with E-state index in [4.69, 9.17) is 5.73 Å². The maximum atomic E-state index is 5.75. The number of anilines is 2. The monoisotopic (exact) mass is 251 g/mol. The molecule has 0 aliphatic heterocycles. The summed E-state index contributed by atoms with van der Waals surface area (Å²) in [7, 11) is 0. The fourth-order valence-electron chi connectivity index (χ4n) is 4.14. The van der Waals surface area contributed by atoms with E-state index in [1.807, 2.05) is 0 Å². The first-order valence-corrected chi connectivity index (χ1v) is 7.21. The van der Waals surface area contributed by atoms with Crippen LogP contribution < -0.4 is 11.1 Å². The van der Waals surface area contributed by atoms with Crippen molar-refractivity contribution in [3.8, 4) is 0 Å². The van der Waals surface area contributed by atoms with Gasteiger partial charge < -0.3 is 11.1 Å². The molecule has 2 bridgehead atoms. The van der Waals surface area contributed by atoms with Crippen molar-refractivity contribution < 1.29 is 0 Å². The Kier molecular flexibility index (Phi) is 2.25. The van der Waals surface area contributed by atoms with Gasteiger partial charge in [0.15, 0.2) is 5.13 Å². The molecule has 4 heteroatoms. The van der Waals surface area contributed by atoms with E-state index in [-0.39, 0.29) is 0 Å². The first kappa shape index (κ1) is 11.3. The highest BCUT2D eigenvalue weighted by Gasteiger charge is 2.59. The molecular formula is C13H21N3S. The van der Waals surface area contributed by atoms with Crippen LogP contribution in [-0.2, 0) is 0 Å². The van der Waals surface area contributed by atoms with Crippen molar-refractivity contribution in [2.24, 2.45) is 16.7 Å². The molecule has 2 aliphatic carbocycles. The number of hydrogen-bond donors (Lipinski definition) is 2. The molecule has 0 aromatic carbocycles. The van der Waals surface area contributed by atoms with Gasteiger partial charge in [-0.2, -0.15) is 0 Å². The molecule has 1 aromatic heterocycles. The zero-order valence-corrected chi connectivity index (χ0v) is 11.6. The summed E-state index contributed by atoms with van der Waals surface area (Å²) in [6.45, 7) is 7.23. The van der Waals surface area contributed by atoms with Crippen LogP contribution in [0.15, 0.2) is 6.20 Å². The first-order valence-electron chi connectivity index (χ1n) is 6.40. The molecule has 0 spiro atoms. The van der Waals surface area contributed by atoms with E-state index in [0.717, 1.165) is 16.1 Å². The number of rotatable bonds is 2. The summed E-state index contributed by atoms with van der Waals surface area (Å²) >= 11 is 1.56. The number of nitrogen functional groups attached to an aromatic ring is 1. The van der Waals surface area contributed by atoms with E-state index in [0.29, 0.717) is 16.9 Å². The molecule has 2 fully saturated rings. The molecule has 0 amide bonds. The summed E-state index contributed by atoms with van der Waals surface area (Å²) < 4.78 is 0. The van der Waals surface area contributed by atoms with Crippen molar-refractivity contribution in [3.63, 3.8) is 0 Å². The number of fused-ring (bicyclic) bond motifs is 2. The van der Waals surface area contributed by atoms with Gasteiger partial charge in [-0.25, -0.2) is 4.98 Å². The molecular weight excluding hydrogens is 230 g/mol. The lowest BCUT2D eigenvalue weighted by Crippen LogP contribution is -2.45. The predicted octanol–water partition coefficient (Wildman–Crippen LogP) is 3.35. The Labute approximate surface area is 107 Å². The summed E-state index contributed by atoms with van der Waals surface area (Å²) in [6, 6.07) is 0.527. The van der Waals surface area contributed by atoms with Crippen molar-refractivity contribution in [2.45, 2.75) is 46.1 Å². The predicted molar refractivity (Wildman–Crippen MR) is 73.2 cm³/mol. The fraction of sp³-hybridized carbons (Fsp3) is 0.769. The first-order chi connectivity index (χ1) is 7.92. The minimum Gasteiger partial charge on any atom is -0.389 e. The molecule has 1 heterocycles. The Morgan fingerprint density at radius 1 is 1.47 bits per heavy atom. The smallest absolute Gasteiger partial charge is 0.184 e. The van der Waals surface area contributed by atoms with Crippen molar-refractivity contribution in [1.29, 1.82) is 0 Å². The number of hydrogen-bond acceptors (Lipinski definition) is 4. The van der Waals surface area contributed by atoms with Gasteiger partial charge in [-0.3, -0.25) is 0 Å². The van der Waals surface area contributed by atoms with Gasteiger partial charge in [0.05, 0.1) is 6.20 Å². The normalized spacial score (nSPS) is 38.5. The maximum absolute atomic E-state index is 5.75. The van der Waals surface area contributed by atoms with Crippen LogP contribution in [0.1, 0.15) is 40.0 Å². The van der Waals surface area contributed by atoms with Crippen LogP contribution in [-0.4, -0.2) is 11.0 Å². The number of aromatic nitrogens is 1. The second-order valence-corrected chi connectivity index (χ2v) is 7.62. The Morgan fingerprint density at radius 3 is 2.76 bits per heavy atom. The zero-order chi connectivity index (χ0) is 12.3. The topological polar surface area (TPSA) is 50.9 Å². The number of nitrogens with two attached hydrogens (primary N) is 1. The summed E-state index contributed by atoms with van der Waals surface area (Å²) in [5.41, 5.74) is 6.55. The van der Waals surface area contributed by atoms with Crippen LogP contribution in [0, 0.1) is 16.7 Å². The van der Waals surface area contributed by atoms with E-state index in [2.05, 4.69) is 31.1 Å². The molecule has 1 aromatic rings. The Bertz CT molecular complexity index is 435. The SMILES string of the molecule is CC12CCC(C1)C(C)(C)C2Nc1ncc(N)s1. The van der Waals surface area contributed by atoms with Crippen LogP contribution in [0.25, 0.3) is 0 Å². The van der Waals surface area contributed by atoms with Gasteiger partial charge in [0.2, 0.25) is 0 Å². The summed E-state index contributed by atoms with van der Waals surface area (Å²) in [5, 5.41) is 5.42. The van der Waals surface area contributed by atoms with E-state index in [9.17, 15) is 0 Å². The van der Waals surface area contributed by atoms with Gasteiger partial charge >= 0.3 is 0 Å². The van der Waals surface area contributed by atoms with Gasteiger partial charge in [0.1, 0.15) is 5.00 Å². The lowest BCUT2D eigenvalue weighted by atomic mass is 9.68. The van der Waals surface area contributed by atoms with Gasteiger partial charge in [0.25, 0.3) is 0 Å². The molecule has 0 saturated heterocycles. The number of nitrogens with zero attached hydrogens (tertiary/aromatic N) is 1. The molecule has 2 aliphatic rings. The second-order valence-electron chi connectivity index (χ2n) is 6.56. The Hall–Kier alpha value is -0.770. The van der Waals surface area contributed by atoms with E-state index >= 15 is 0 Å². The Morgan fingerprint density at radius 2 is 2.24 bits per heavy atom. The number of nitrogens with one attached hydrogen (secondary N) is 1. The van der Waals surface area contributed by atoms with Crippen molar-refractivity contribution in [2.75, 3.05) is 11.1 Å². The van der Waals surface area contributed by atoms with Gasteiger partial charge in [0, 0.05) is 6.04 Å². The molecule has 3 nitrogen and oxygen atoms in total. The molecule has 3 rings (SSSR count). The Balaban J connectivity index is 1.87. The van der Waals surface area contributed by atoms with Crippen molar-refractivity contribution in [1.82, 2.24) is 4.98 Å². The average Bonchev–Trinajstić information content (AvgIpc) is 2.85. The molecule has 3 atom stereocenters. The standard InChI is InChI=1S/C13H21N3S/c1-12(2)8-4-5-13(3,6-8)10(12)16-11-15-7-9(14)17-11/h7-8,10H,4-6,14H2,1-3H3,(H,15,16). The second kappa shape index (κ2) is 3.37. The number of thiazole rings is 1. The molecule has 3 N–H and O–H groups in total. The lowest BCUT2D eigenvalue weighted by molar-refractivity contribution is 0.155. The molecule has 3 unspecified atom stereocenters. The summed E-state index contributed by atoms with van der Waals surface area (Å²) in [4.78, 5) is 4.34. The van der Waals surface area contributed by atoms with E-state index in [1.165, 1.54) is 19.3 Å². The third kappa shape index (κ3) is 1.57. The van der Waals surface area contributed by atoms with Crippen LogP contribution in [0.4, 0.5) is 10.1 Å². The van der Waals surface area contributed by atoms with Crippen LogP contribution >= 0.6 is 11.3 Å². The maximum Gasteiger partial charge on any atom is 0.184 e. The lowest BCUT2D eigenvalue weighted by Gasteiger charge is -2.43. The molecule has 94 valence electrons. The molecule has 0 radical (unpaired) electrons. The van der Waals surface area contributed by atoms with Gasteiger partial charge in [-0.05, 0) is 36.0 Å². The van der Waals surface area contributed by atoms with Crippen LogP contribution in [0.2, 0.25) is 0 Å². The van der Waals surface area contributed by atoms with Gasteiger partial charge in [-0.15, -0.1) is 0 Å². The summed E-state index contributed by atoms with van der Waals surface area (Å²) in [5.74, 6) is 0.863. The zero-order valence-electron chi connectivity index (χ0n) is 10.8. The van der Waals surface area contributed by atoms with E-state index < -0.39 is 0 Å². The molecule has 2 saturated carbocycles.